The van der Waals surface area contributed by atoms with E-state index in [1.807, 2.05) is 5.38 Å². The number of thiazole rings is 1. The number of amides is 2. The highest BCUT2D eigenvalue weighted by atomic mass is 32.1. The highest BCUT2D eigenvalue weighted by Crippen LogP contribution is 2.22. The predicted molar refractivity (Wildman–Crippen MR) is 83.9 cm³/mol. The van der Waals surface area contributed by atoms with Crippen molar-refractivity contribution in [3.63, 3.8) is 0 Å². The van der Waals surface area contributed by atoms with Gasteiger partial charge in [0.2, 0.25) is 11.8 Å². The van der Waals surface area contributed by atoms with Gasteiger partial charge < -0.3 is 10.2 Å². The van der Waals surface area contributed by atoms with Crippen LogP contribution in [-0.4, -0.2) is 27.7 Å². The molecular weight excluding hydrogens is 317 g/mol. The Hall–Kier alpha value is -2.28. The second-order valence-electron chi connectivity index (χ2n) is 5.35. The first-order valence-electron chi connectivity index (χ1n) is 7.33. The molecule has 120 valence electrons. The van der Waals surface area contributed by atoms with Crippen molar-refractivity contribution in [3.05, 3.63) is 52.2 Å². The Morgan fingerprint density at radius 3 is 3.09 bits per heavy atom. The summed E-state index contributed by atoms with van der Waals surface area (Å²) in [5.41, 5.74) is 0.679. The van der Waals surface area contributed by atoms with E-state index in [9.17, 15) is 14.0 Å². The SMILES string of the molecule is O=C(NCc1nccs1)C1CCC(=O)N1Cc1cccc(F)c1. The smallest absolute Gasteiger partial charge is 0.243 e. The second kappa shape index (κ2) is 6.87. The van der Waals surface area contributed by atoms with Gasteiger partial charge in [-0.05, 0) is 24.1 Å². The minimum Gasteiger partial charge on any atom is -0.348 e. The molecule has 0 bridgehead atoms. The molecule has 7 heteroatoms. The van der Waals surface area contributed by atoms with E-state index in [1.165, 1.54) is 28.4 Å². The minimum absolute atomic E-state index is 0.0799. The lowest BCUT2D eigenvalue weighted by atomic mass is 10.1. The van der Waals surface area contributed by atoms with Gasteiger partial charge in [-0.2, -0.15) is 0 Å². The third-order valence-corrected chi connectivity index (χ3v) is 4.55. The lowest BCUT2D eigenvalue weighted by Gasteiger charge is -2.24. The van der Waals surface area contributed by atoms with E-state index in [2.05, 4.69) is 10.3 Å². The summed E-state index contributed by atoms with van der Waals surface area (Å²) in [4.78, 5) is 30.0. The number of carbonyl (C=O) groups excluding carboxylic acids is 2. The molecule has 2 heterocycles. The van der Waals surface area contributed by atoms with Gasteiger partial charge in [-0.1, -0.05) is 12.1 Å². The number of benzene rings is 1. The molecule has 0 spiro atoms. The van der Waals surface area contributed by atoms with E-state index in [0.29, 0.717) is 24.9 Å². The number of nitrogens with one attached hydrogen (secondary N) is 1. The maximum Gasteiger partial charge on any atom is 0.243 e. The van der Waals surface area contributed by atoms with Crippen molar-refractivity contribution in [3.8, 4) is 0 Å². The van der Waals surface area contributed by atoms with Gasteiger partial charge in [-0.3, -0.25) is 9.59 Å². The fourth-order valence-corrected chi connectivity index (χ4v) is 3.21. The van der Waals surface area contributed by atoms with Crippen LogP contribution in [0.15, 0.2) is 35.8 Å². The Morgan fingerprint density at radius 1 is 1.48 bits per heavy atom. The average molecular weight is 333 g/mol. The van der Waals surface area contributed by atoms with Crippen LogP contribution >= 0.6 is 11.3 Å². The molecule has 1 atom stereocenters. The van der Waals surface area contributed by atoms with Crippen molar-refractivity contribution < 1.29 is 14.0 Å². The van der Waals surface area contributed by atoms with E-state index >= 15 is 0 Å². The Morgan fingerprint density at radius 2 is 2.35 bits per heavy atom. The standard InChI is InChI=1S/C16H16FN3O2S/c17-12-3-1-2-11(8-12)10-20-13(4-5-15(20)21)16(22)19-9-14-18-6-7-23-14/h1-3,6-8,13H,4-5,9-10H2,(H,19,22). The van der Waals surface area contributed by atoms with Gasteiger partial charge in [0.05, 0.1) is 6.54 Å². The third-order valence-electron chi connectivity index (χ3n) is 3.77. The van der Waals surface area contributed by atoms with Gasteiger partial charge in [0, 0.05) is 24.5 Å². The van der Waals surface area contributed by atoms with Crippen molar-refractivity contribution >= 4 is 23.2 Å². The van der Waals surface area contributed by atoms with Gasteiger partial charge in [-0.15, -0.1) is 11.3 Å². The Kier molecular flexibility index (Phi) is 4.66. The maximum absolute atomic E-state index is 13.3. The highest BCUT2D eigenvalue weighted by Gasteiger charge is 2.35. The maximum atomic E-state index is 13.3. The van der Waals surface area contributed by atoms with E-state index in [1.54, 1.807) is 18.3 Å². The monoisotopic (exact) mass is 333 g/mol. The molecule has 1 unspecified atom stereocenters. The summed E-state index contributed by atoms with van der Waals surface area (Å²) in [6.07, 6.45) is 2.50. The van der Waals surface area contributed by atoms with Crippen LogP contribution in [-0.2, 0) is 22.7 Å². The van der Waals surface area contributed by atoms with Crippen LogP contribution in [0.4, 0.5) is 4.39 Å². The summed E-state index contributed by atoms with van der Waals surface area (Å²) in [5.74, 6) is -0.620. The van der Waals surface area contributed by atoms with Crippen molar-refractivity contribution in [1.29, 1.82) is 0 Å². The highest BCUT2D eigenvalue weighted by molar-refractivity contribution is 7.09. The first-order valence-corrected chi connectivity index (χ1v) is 8.21. The largest absolute Gasteiger partial charge is 0.348 e. The zero-order valence-corrected chi connectivity index (χ0v) is 13.2. The van der Waals surface area contributed by atoms with Gasteiger partial charge in [0.15, 0.2) is 0 Å². The number of hydrogen-bond acceptors (Lipinski definition) is 4. The van der Waals surface area contributed by atoms with Crippen LogP contribution in [0.2, 0.25) is 0 Å². The predicted octanol–water partition coefficient (Wildman–Crippen LogP) is 2.09. The topological polar surface area (TPSA) is 62.3 Å². The molecule has 1 aliphatic heterocycles. The Labute approximate surface area is 137 Å². The normalized spacial score (nSPS) is 17.5. The molecule has 1 N–H and O–H groups in total. The van der Waals surface area contributed by atoms with Gasteiger partial charge in [0.25, 0.3) is 0 Å². The molecule has 5 nitrogen and oxygen atoms in total. The summed E-state index contributed by atoms with van der Waals surface area (Å²) in [6.45, 7) is 0.598. The lowest BCUT2D eigenvalue weighted by Crippen LogP contribution is -2.44. The first-order chi connectivity index (χ1) is 11.1. The minimum atomic E-state index is -0.509. The number of aromatic nitrogens is 1. The van der Waals surface area contributed by atoms with Crippen LogP contribution in [0.3, 0.4) is 0 Å². The van der Waals surface area contributed by atoms with Crippen molar-refractivity contribution in [2.24, 2.45) is 0 Å². The molecular formula is C16H16FN3O2S. The van der Waals surface area contributed by atoms with Crippen LogP contribution in [0.25, 0.3) is 0 Å². The summed E-state index contributed by atoms with van der Waals surface area (Å²) in [5, 5.41) is 5.48. The fraction of sp³-hybridized carbons (Fsp3) is 0.312. The summed E-state index contributed by atoms with van der Waals surface area (Å²) in [6, 6.07) is 5.58. The van der Waals surface area contributed by atoms with Crippen LogP contribution in [0.5, 0.6) is 0 Å². The number of carbonyl (C=O) groups is 2. The molecule has 0 saturated carbocycles. The zero-order valence-electron chi connectivity index (χ0n) is 12.4. The molecule has 2 amide bonds. The molecule has 23 heavy (non-hydrogen) atoms. The van der Waals surface area contributed by atoms with Crippen molar-refractivity contribution in [2.45, 2.75) is 32.0 Å². The molecule has 1 aromatic carbocycles. The average Bonchev–Trinajstić information content (AvgIpc) is 3.16. The van der Waals surface area contributed by atoms with Crippen LogP contribution in [0, 0.1) is 5.82 Å². The van der Waals surface area contributed by atoms with E-state index in [-0.39, 0.29) is 24.2 Å². The molecule has 2 aromatic rings. The molecule has 1 fully saturated rings. The van der Waals surface area contributed by atoms with Gasteiger partial charge >= 0.3 is 0 Å². The van der Waals surface area contributed by atoms with Gasteiger partial charge in [-0.25, -0.2) is 9.37 Å². The van der Waals surface area contributed by atoms with E-state index < -0.39 is 6.04 Å². The first kappa shape index (κ1) is 15.6. The number of halogens is 1. The third kappa shape index (κ3) is 3.73. The molecule has 1 aliphatic rings. The van der Waals surface area contributed by atoms with Crippen molar-refractivity contribution in [2.75, 3.05) is 0 Å². The van der Waals surface area contributed by atoms with Gasteiger partial charge in [0.1, 0.15) is 16.9 Å². The van der Waals surface area contributed by atoms with Crippen LogP contribution < -0.4 is 5.32 Å². The summed E-state index contributed by atoms with van der Waals surface area (Å²) >= 11 is 1.46. The summed E-state index contributed by atoms with van der Waals surface area (Å²) < 4.78 is 13.3. The number of likely N-dealkylation sites (tertiary alicyclic amines) is 1. The molecule has 1 aromatic heterocycles. The molecule has 1 saturated heterocycles. The Bertz CT molecular complexity index is 705. The number of nitrogens with zero attached hydrogens (tertiary/aromatic N) is 2. The fourth-order valence-electron chi connectivity index (χ4n) is 2.66. The molecule has 3 rings (SSSR count). The molecule has 0 aliphatic carbocycles. The second-order valence-corrected chi connectivity index (χ2v) is 6.33. The number of rotatable bonds is 5. The molecule has 0 radical (unpaired) electrons. The van der Waals surface area contributed by atoms with Crippen LogP contribution in [0.1, 0.15) is 23.4 Å². The van der Waals surface area contributed by atoms with Crippen molar-refractivity contribution in [1.82, 2.24) is 15.2 Å². The lowest BCUT2D eigenvalue weighted by molar-refractivity contribution is -0.135. The zero-order chi connectivity index (χ0) is 16.2. The van der Waals surface area contributed by atoms with E-state index in [0.717, 1.165) is 5.01 Å². The Balaban J connectivity index is 1.65. The quantitative estimate of drug-likeness (QED) is 0.911. The van der Waals surface area contributed by atoms with E-state index in [4.69, 9.17) is 0 Å². The summed E-state index contributed by atoms with van der Waals surface area (Å²) in [7, 11) is 0. The number of hydrogen-bond donors (Lipinski definition) is 1.